The Morgan fingerprint density at radius 3 is 2.96 bits per heavy atom. The Balaban J connectivity index is 1.39. The van der Waals surface area contributed by atoms with Crippen LogP contribution >= 0.6 is 22.6 Å². The van der Waals surface area contributed by atoms with Gasteiger partial charge in [0.1, 0.15) is 9.22 Å². The molecular weight excluding hydrogens is 437 g/mol. The number of aromatic nitrogens is 4. The summed E-state index contributed by atoms with van der Waals surface area (Å²) < 4.78 is 19.8. The quantitative estimate of drug-likeness (QED) is 0.467. The lowest BCUT2D eigenvalue weighted by Crippen LogP contribution is -2.17. The highest BCUT2D eigenvalue weighted by Crippen LogP contribution is 2.26. The standard InChI is InChI=1S/C16H16IN5O3/c17-14-13-15(21-16(18)20-14)22(9-19-13)11-7-24-12(25-11)8-23-6-10-4-2-1-3-5-10/h1-5,9,11-12H,6-8H2,(H2,18,20,21)/t11?,12-/m1/s1. The summed E-state index contributed by atoms with van der Waals surface area (Å²) in [5.41, 5.74) is 8.18. The van der Waals surface area contributed by atoms with E-state index < -0.39 is 6.29 Å². The molecule has 25 heavy (non-hydrogen) atoms. The minimum atomic E-state index is -0.426. The number of benzene rings is 1. The molecule has 4 rings (SSSR count). The largest absolute Gasteiger partial charge is 0.371 e. The van der Waals surface area contributed by atoms with Crippen LogP contribution in [0, 0.1) is 3.70 Å². The summed E-state index contributed by atoms with van der Waals surface area (Å²) in [5.74, 6) is 0.209. The van der Waals surface area contributed by atoms with Gasteiger partial charge in [0.25, 0.3) is 0 Å². The highest BCUT2D eigenvalue weighted by atomic mass is 127. The smallest absolute Gasteiger partial charge is 0.223 e. The molecule has 1 aromatic carbocycles. The zero-order valence-electron chi connectivity index (χ0n) is 13.2. The summed E-state index contributed by atoms with van der Waals surface area (Å²) in [7, 11) is 0. The van der Waals surface area contributed by atoms with Gasteiger partial charge in [-0.1, -0.05) is 30.3 Å². The molecule has 9 heteroatoms. The number of nitrogens with zero attached hydrogens (tertiary/aromatic N) is 4. The van der Waals surface area contributed by atoms with E-state index in [2.05, 4.69) is 37.5 Å². The first-order valence-corrected chi connectivity index (χ1v) is 8.83. The van der Waals surface area contributed by atoms with Crippen molar-refractivity contribution >= 4 is 39.7 Å². The molecule has 0 amide bonds. The number of imidazole rings is 1. The summed E-state index contributed by atoms with van der Waals surface area (Å²) in [6.45, 7) is 1.27. The molecule has 3 aromatic rings. The summed E-state index contributed by atoms with van der Waals surface area (Å²) in [4.78, 5) is 12.7. The van der Waals surface area contributed by atoms with Gasteiger partial charge in [-0.25, -0.2) is 9.97 Å². The first-order valence-electron chi connectivity index (χ1n) is 7.75. The van der Waals surface area contributed by atoms with Gasteiger partial charge >= 0.3 is 0 Å². The van der Waals surface area contributed by atoms with Gasteiger partial charge in [-0.05, 0) is 28.2 Å². The van der Waals surface area contributed by atoms with Crippen LogP contribution in [-0.4, -0.2) is 39.0 Å². The molecule has 1 fully saturated rings. The zero-order chi connectivity index (χ0) is 17.2. The molecule has 0 aliphatic carbocycles. The number of anilines is 1. The van der Waals surface area contributed by atoms with E-state index in [1.54, 1.807) is 6.33 Å². The molecule has 0 radical (unpaired) electrons. The van der Waals surface area contributed by atoms with Crippen molar-refractivity contribution in [1.29, 1.82) is 0 Å². The van der Waals surface area contributed by atoms with Crippen molar-refractivity contribution in [3.05, 3.63) is 45.9 Å². The number of rotatable bonds is 5. The third kappa shape index (κ3) is 3.59. The second-order valence-corrected chi connectivity index (χ2v) is 6.57. The van der Waals surface area contributed by atoms with Gasteiger partial charge in [0.2, 0.25) is 5.95 Å². The van der Waals surface area contributed by atoms with E-state index >= 15 is 0 Å². The molecule has 0 saturated carbocycles. The van der Waals surface area contributed by atoms with Crippen LogP contribution < -0.4 is 5.73 Å². The minimum absolute atomic E-state index is 0.209. The Labute approximate surface area is 157 Å². The van der Waals surface area contributed by atoms with Crippen molar-refractivity contribution in [2.45, 2.75) is 19.1 Å². The molecule has 2 atom stereocenters. The Morgan fingerprint density at radius 2 is 2.12 bits per heavy atom. The Kier molecular flexibility index (Phi) is 4.79. The molecule has 3 heterocycles. The minimum Gasteiger partial charge on any atom is -0.371 e. The fourth-order valence-electron chi connectivity index (χ4n) is 2.63. The maximum Gasteiger partial charge on any atom is 0.223 e. The van der Waals surface area contributed by atoms with Gasteiger partial charge in [-0.15, -0.1) is 0 Å². The highest BCUT2D eigenvalue weighted by molar-refractivity contribution is 14.1. The van der Waals surface area contributed by atoms with Crippen molar-refractivity contribution in [3.8, 4) is 0 Å². The topological polar surface area (TPSA) is 97.3 Å². The molecule has 2 aromatic heterocycles. The van der Waals surface area contributed by atoms with Crippen LogP contribution in [0.5, 0.6) is 0 Å². The van der Waals surface area contributed by atoms with Crippen molar-refractivity contribution < 1.29 is 14.2 Å². The van der Waals surface area contributed by atoms with Gasteiger partial charge in [0, 0.05) is 0 Å². The van der Waals surface area contributed by atoms with Crippen molar-refractivity contribution in [2.75, 3.05) is 18.9 Å². The summed E-state index contributed by atoms with van der Waals surface area (Å²) in [6.07, 6.45) is 0.923. The molecule has 2 N–H and O–H groups in total. The predicted molar refractivity (Wildman–Crippen MR) is 98.4 cm³/mol. The summed E-state index contributed by atoms with van der Waals surface area (Å²) in [6, 6.07) is 9.97. The second-order valence-electron chi connectivity index (χ2n) is 5.55. The Hall–Kier alpha value is -1.82. The van der Waals surface area contributed by atoms with E-state index in [-0.39, 0.29) is 12.2 Å². The van der Waals surface area contributed by atoms with Gasteiger partial charge in [0.15, 0.2) is 18.2 Å². The predicted octanol–water partition coefficient (Wildman–Crippen LogP) is 2.10. The molecule has 1 saturated heterocycles. The van der Waals surface area contributed by atoms with Crippen LogP contribution in [0.1, 0.15) is 11.8 Å². The molecule has 130 valence electrons. The van der Waals surface area contributed by atoms with Gasteiger partial charge < -0.3 is 19.9 Å². The number of fused-ring (bicyclic) bond motifs is 1. The SMILES string of the molecule is Nc1nc(I)c2ncn(C3CO[C@@H](COCc4ccccc4)O3)c2n1. The third-order valence-corrected chi connectivity index (χ3v) is 4.56. The fourth-order valence-corrected chi connectivity index (χ4v) is 3.26. The van der Waals surface area contributed by atoms with E-state index in [4.69, 9.17) is 19.9 Å². The first kappa shape index (κ1) is 16.6. The maximum atomic E-state index is 5.90. The van der Waals surface area contributed by atoms with E-state index in [0.29, 0.717) is 34.7 Å². The lowest BCUT2D eigenvalue weighted by Gasteiger charge is -2.13. The number of hydrogen-bond donors (Lipinski definition) is 1. The van der Waals surface area contributed by atoms with Crippen LogP contribution in [0.3, 0.4) is 0 Å². The van der Waals surface area contributed by atoms with Crippen molar-refractivity contribution in [3.63, 3.8) is 0 Å². The normalized spacial score (nSPS) is 20.4. The maximum absolute atomic E-state index is 5.90. The molecule has 0 bridgehead atoms. The number of halogens is 1. The molecule has 0 spiro atoms. The lowest BCUT2D eigenvalue weighted by atomic mass is 10.2. The van der Waals surface area contributed by atoms with Crippen LogP contribution in [0.25, 0.3) is 11.2 Å². The molecule has 1 aliphatic heterocycles. The van der Waals surface area contributed by atoms with Crippen molar-refractivity contribution in [1.82, 2.24) is 19.5 Å². The molecular formula is C16H16IN5O3. The summed E-state index contributed by atoms with van der Waals surface area (Å²) >= 11 is 2.09. The Bertz CT molecular complexity index is 873. The summed E-state index contributed by atoms with van der Waals surface area (Å²) in [5, 5.41) is 0. The monoisotopic (exact) mass is 453 g/mol. The molecule has 1 aliphatic rings. The van der Waals surface area contributed by atoms with E-state index in [9.17, 15) is 0 Å². The first-order chi connectivity index (χ1) is 12.2. The van der Waals surface area contributed by atoms with Gasteiger partial charge in [-0.2, -0.15) is 4.98 Å². The second kappa shape index (κ2) is 7.20. The average Bonchev–Trinajstić information content (AvgIpc) is 3.22. The molecule has 1 unspecified atom stereocenters. The van der Waals surface area contributed by atoms with E-state index in [1.807, 2.05) is 34.9 Å². The average molecular weight is 453 g/mol. The highest BCUT2D eigenvalue weighted by Gasteiger charge is 2.29. The third-order valence-electron chi connectivity index (χ3n) is 3.81. The van der Waals surface area contributed by atoms with Crippen LogP contribution in [-0.2, 0) is 20.8 Å². The fraction of sp³-hybridized carbons (Fsp3) is 0.312. The van der Waals surface area contributed by atoms with Gasteiger partial charge in [-0.3, -0.25) is 4.57 Å². The Morgan fingerprint density at radius 1 is 1.28 bits per heavy atom. The lowest BCUT2D eigenvalue weighted by molar-refractivity contribution is -0.117. The number of nitrogen functional groups attached to an aromatic ring is 1. The zero-order valence-corrected chi connectivity index (χ0v) is 15.4. The van der Waals surface area contributed by atoms with Crippen LogP contribution in [0.2, 0.25) is 0 Å². The number of nitrogens with two attached hydrogens (primary N) is 1. The van der Waals surface area contributed by atoms with E-state index in [1.165, 1.54) is 0 Å². The van der Waals surface area contributed by atoms with Crippen LogP contribution in [0.15, 0.2) is 36.7 Å². The molecule has 8 nitrogen and oxygen atoms in total. The van der Waals surface area contributed by atoms with Crippen molar-refractivity contribution in [2.24, 2.45) is 0 Å². The van der Waals surface area contributed by atoms with Crippen LogP contribution in [0.4, 0.5) is 5.95 Å². The van der Waals surface area contributed by atoms with E-state index in [0.717, 1.165) is 5.56 Å². The number of hydrogen-bond acceptors (Lipinski definition) is 7. The number of ether oxygens (including phenoxy) is 3. The van der Waals surface area contributed by atoms with Gasteiger partial charge in [0.05, 0.1) is 26.1 Å².